The Labute approximate surface area is 176 Å². The number of ether oxygens (including phenoxy) is 2. The van der Waals surface area contributed by atoms with Crippen molar-refractivity contribution in [1.29, 1.82) is 0 Å². The second kappa shape index (κ2) is 10.4. The molecule has 0 radical (unpaired) electrons. The van der Waals surface area contributed by atoms with Crippen LogP contribution >= 0.6 is 0 Å². The van der Waals surface area contributed by atoms with Crippen molar-refractivity contribution in [2.24, 2.45) is 0 Å². The number of benzene rings is 2. The quantitative estimate of drug-likeness (QED) is 0.456. The van der Waals surface area contributed by atoms with Crippen LogP contribution in [0.3, 0.4) is 0 Å². The predicted molar refractivity (Wildman–Crippen MR) is 115 cm³/mol. The maximum absolute atomic E-state index is 10.4. The van der Waals surface area contributed by atoms with Crippen molar-refractivity contribution in [3.05, 3.63) is 42.7 Å². The van der Waals surface area contributed by atoms with Crippen molar-refractivity contribution < 1.29 is 19.7 Å². The molecule has 158 valence electrons. The molecular weight excluding hydrogens is 382 g/mol. The van der Waals surface area contributed by atoms with E-state index < -0.39 is 0 Å². The van der Waals surface area contributed by atoms with Crippen molar-refractivity contribution >= 4 is 0 Å². The SMILES string of the molecule is CCCCOc1ccc(-c2ncnc(-c3ccc(OCCCC)cc3O)n2)c(O)c1. The lowest BCUT2D eigenvalue weighted by molar-refractivity contribution is 0.307. The predicted octanol–water partition coefficient (Wildman–Crippen LogP) is 4.97. The topological polar surface area (TPSA) is 97.6 Å². The van der Waals surface area contributed by atoms with Gasteiger partial charge in [-0.05, 0) is 37.1 Å². The van der Waals surface area contributed by atoms with E-state index in [0.29, 0.717) is 47.5 Å². The molecule has 0 bridgehead atoms. The molecule has 0 unspecified atom stereocenters. The zero-order chi connectivity index (χ0) is 21.3. The molecule has 0 amide bonds. The summed E-state index contributed by atoms with van der Waals surface area (Å²) in [5.74, 6) is 1.83. The summed E-state index contributed by atoms with van der Waals surface area (Å²) in [7, 11) is 0. The van der Waals surface area contributed by atoms with E-state index in [0.717, 1.165) is 25.7 Å². The van der Waals surface area contributed by atoms with Crippen LogP contribution < -0.4 is 9.47 Å². The first-order valence-electron chi connectivity index (χ1n) is 10.2. The minimum Gasteiger partial charge on any atom is -0.507 e. The highest BCUT2D eigenvalue weighted by Crippen LogP contribution is 2.33. The van der Waals surface area contributed by atoms with Gasteiger partial charge in [0, 0.05) is 12.1 Å². The molecule has 0 atom stereocenters. The van der Waals surface area contributed by atoms with Gasteiger partial charge in [-0.15, -0.1) is 0 Å². The molecule has 0 aliphatic carbocycles. The van der Waals surface area contributed by atoms with Gasteiger partial charge in [-0.2, -0.15) is 0 Å². The first-order chi connectivity index (χ1) is 14.6. The summed E-state index contributed by atoms with van der Waals surface area (Å²) in [5, 5.41) is 20.8. The van der Waals surface area contributed by atoms with Gasteiger partial charge < -0.3 is 19.7 Å². The van der Waals surface area contributed by atoms with Crippen molar-refractivity contribution in [2.45, 2.75) is 39.5 Å². The zero-order valence-corrected chi connectivity index (χ0v) is 17.3. The van der Waals surface area contributed by atoms with E-state index in [1.165, 1.54) is 6.33 Å². The van der Waals surface area contributed by atoms with Gasteiger partial charge in [-0.1, -0.05) is 26.7 Å². The number of hydrogen-bond donors (Lipinski definition) is 2. The second-order valence-electron chi connectivity index (χ2n) is 6.89. The van der Waals surface area contributed by atoms with Gasteiger partial charge in [-0.25, -0.2) is 15.0 Å². The number of hydrogen-bond acceptors (Lipinski definition) is 7. The molecule has 3 aromatic rings. The third-order valence-corrected chi connectivity index (χ3v) is 4.53. The van der Waals surface area contributed by atoms with Gasteiger partial charge in [0.25, 0.3) is 0 Å². The largest absolute Gasteiger partial charge is 0.507 e. The molecule has 2 N–H and O–H groups in total. The lowest BCUT2D eigenvalue weighted by Crippen LogP contribution is -1.99. The Balaban J connectivity index is 1.81. The van der Waals surface area contributed by atoms with E-state index in [9.17, 15) is 10.2 Å². The third kappa shape index (κ3) is 5.37. The van der Waals surface area contributed by atoms with Gasteiger partial charge in [0.1, 0.15) is 29.3 Å². The second-order valence-corrected chi connectivity index (χ2v) is 6.89. The van der Waals surface area contributed by atoms with Crippen LogP contribution in [0.5, 0.6) is 23.0 Å². The number of phenolic OH excluding ortho intramolecular Hbond substituents is 2. The molecule has 0 aliphatic heterocycles. The summed E-state index contributed by atoms with van der Waals surface area (Å²) in [4.78, 5) is 12.8. The van der Waals surface area contributed by atoms with Crippen LogP contribution in [0.2, 0.25) is 0 Å². The summed E-state index contributed by atoms with van der Waals surface area (Å²) in [6.45, 7) is 5.38. The molecule has 30 heavy (non-hydrogen) atoms. The molecule has 0 aliphatic rings. The van der Waals surface area contributed by atoms with Gasteiger partial charge in [0.2, 0.25) is 0 Å². The van der Waals surface area contributed by atoms with Crippen LogP contribution in [0.4, 0.5) is 0 Å². The maximum atomic E-state index is 10.4. The number of rotatable bonds is 10. The minimum atomic E-state index is 0.0186. The third-order valence-electron chi connectivity index (χ3n) is 4.53. The highest BCUT2D eigenvalue weighted by Gasteiger charge is 2.14. The van der Waals surface area contributed by atoms with E-state index in [1.54, 1.807) is 36.4 Å². The van der Waals surface area contributed by atoms with E-state index in [2.05, 4.69) is 28.8 Å². The zero-order valence-electron chi connectivity index (χ0n) is 17.3. The fourth-order valence-corrected chi connectivity index (χ4v) is 2.81. The summed E-state index contributed by atoms with van der Waals surface area (Å²) < 4.78 is 11.2. The van der Waals surface area contributed by atoms with Gasteiger partial charge >= 0.3 is 0 Å². The van der Waals surface area contributed by atoms with Crippen molar-refractivity contribution in [3.63, 3.8) is 0 Å². The minimum absolute atomic E-state index is 0.0186. The van der Waals surface area contributed by atoms with Crippen molar-refractivity contribution in [1.82, 2.24) is 15.0 Å². The molecular formula is C23H27N3O4. The maximum Gasteiger partial charge on any atom is 0.167 e. The number of phenols is 2. The van der Waals surface area contributed by atoms with Crippen LogP contribution in [0.1, 0.15) is 39.5 Å². The van der Waals surface area contributed by atoms with Gasteiger partial charge in [0.05, 0.1) is 24.3 Å². The Bertz CT molecular complexity index is 904. The normalized spacial score (nSPS) is 10.7. The Kier molecular flexibility index (Phi) is 7.43. The van der Waals surface area contributed by atoms with E-state index >= 15 is 0 Å². The highest BCUT2D eigenvalue weighted by molar-refractivity contribution is 5.69. The number of unbranched alkanes of at least 4 members (excludes halogenated alkanes) is 2. The fourth-order valence-electron chi connectivity index (χ4n) is 2.81. The smallest absolute Gasteiger partial charge is 0.167 e. The molecule has 0 spiro atoms. The van der Waals surface area contributed by atoms with Crippen LogP contribution in [0.15, 0.2) is 42.7 Å². The van der Waals surface area contributed by atoms with E-state index in [-0.39, 0.29) is 11.5 Å². The number of aromatic hydroxyl groups is 2. The molecule has 7 heteroatoms. The molecule has 0 fully saturated rings. The monoisotopic (exact) mass is 409 g/mol. The number of aromatic nitrogens is 3. The van der Waals surface area contributed by atoms with E-state index in [4.69, 9.17) is 9.47 Å². The Morgan fingerprint density at radius 1 is 0.733 bits per heavy atom. The first-order valence-corrected chi connectivity index (χ1v) is 10.2. The molecule has 0 saturated carbocycles. The molecule has 2 aromatic carbocycles. The Morgan fingerprint density at radius 2 is 1.20 bits per heavy atom. The van der Waals surface area contributed by atoms with Crippen LogP contribution in [-0.2, 0) is 0 Å². The first kappa shape index (κ1) is 21.4. The average molecular weight is 409 g/mol. The lowest BCUT2D eigenvalue weighted by atomic mass is 10.1. The van der Waals surface area contributed by atoms with Gasteiger partial charge in [-0.3, -0.25) is 0 Å². The Morgan fingerprint density at radius 3 is 1.60 bits per heavy atom. The average Bonchev–Trinajstić information content (AvgIpc) is 2.74. The Hall–Kier alpha value is -3.35. The molecule has 0 saturated heterocycles. The molecule has 1 aromatic heterocycles. The van der Waals surface area contributed by atoms with Crippen LogP contribution in [-0.4, -0.2) is 38.4 Å². The van der Waals surface area contributed by atoms with Gasteiger partial charge in [0.15, 0.2) is 11.6 Å². The standard InChI is InChI=1S/C23H27N3O4/c1-3-5-11-29-16-7-9-18(20(27)13-16)22-24-15-25-23(26-22)19-10-8-17(14-21(19)28)30-12-6-4-2/h7-10,13-15,27-28H,3-6,11-12H2,1-2H3. The summed E-state index contributed by atoms with van der Waals surface area (Å²) in [6, 6.07) is 10.1. The summed E-state index contributed by atoms with van der Waals surface area (Å²) in [6.07, 6.45) is 5.33. The van der Waals surface area contributed by atoms with Crippen LogP contribution in [0.25, 0.3) is 22.8 Å². The summed E-state index contributed by atoms with van der Waals surface area (Å²) >= 11 is 0. The highest BCUT2D eigenvalue weighted by atomic mass is 16.5. The fraction of sp³-hybridized carbons (Fsp3) is 0.348. The summed E-state index contributed by atoms with van der Waals surface area (Å²) in [5.41, 5.74) is 0.918. The van der Waals surface area contributed by atoms with E-state index in [1.807, 2.05) is 0 Å². The number of nitrogens with zero attached hydrogens (tertiary/aromatic N) is 3. The molecule has 7 nitrogen and oxygen atoms in total. The lowest BCUT2D eigenvalue weighted by Gasteiger charge is -2.10. The van der Waals surface area contributed by atoms with Crippen LogP contribution in [0, 0.1) is 0 Å². The molecule has 1 heterocycles. The molecule has 3 rings (SSSR count). The van der Waals surface area contributed by atoms with Crippen molar-refractivity contribution in [2.75, 3.05) is 13.2 Å². The van der Waals surface area contributed by atoms with Crippen molar-refractivity contribution in [3.8, 4) is 45.8 Å².